The zero-order valence-corrected chi connectivity index (χ0v) is 16.2. The molecule has 0 aliphatic carbocycles. The van der Waals surface area contributed by atoms with Gasteiger partial charge in [-0.3, -0.25) is 9.48 Å². The summed E-state index contributed by atoms with van der Waals surface area (Å²) in [6.45, 7) is 1.87. The molecule has 1 aliphatic heterocycles. The van der Waals surface area contributed by atoms with Gasteiger partial charge in [-0.1, -0.05) is 18.2 Å². The lowest BCUT2D eigenvalue weighted by molar-refractivity contribution is 0.100. The molecule has 0 spiro atoms. The van der Waals surface area contributed by atoms with Crippen LogP contribution in [0.15, 0.2) is 60.8 Å². The Morgan fingerprint density at radius 1 is 1.11 bits per heavy atom. The van der Waals surface area contributed by atoms with Gasteiger partial charge >= 0.3 is 0 Å². The minimum atomic E-state index is -0.468. The molecule has 1 saturated heterocycles. The van der Waals surface area contributed by atoms with Crippen molar-refractivity contribution in [1.82, 2.24) is 15.1 Å². The van der Waals surface area contributed by atoms with E-state index in [4.69, 9.17) is 10.5 Å². The van der Waals surface area contributed by atoms with Gasteiger partial charge in [0.25, 0.3) is 5.91 Å². The molecule has 2 aromatic carbocycles. The van der Waals surface area contributed by atoms with E-state index in [-0.39, 0.29) is 18.4 Å². The molecule has 146 valence electrons. The lowest BCUT2D eigenvalue weighted by Gasteiger charge is -2.22. The van der Waals surface area contributed by atoms with Gasteiger partial charge in [-0.05, 0) is 55.8 Å². The molecule has 3 aromatic rings. The lowest BCUT2D eigenvalue weighted by Crippen LogP contribution is -2.31. The number of halogens is 1. The smallest absolute Gasteiger partial charge is 0.252 e. The summed E-state index contributed by atoms with van der Waals surface area (Å²) in [5.74, 6) is 1.03. The fraction of sp³-hybridized carbons (Fsp3) is 0.238. The van der Waals surface area contributed by atoms with E-state index in [2.05, 4.69) is 10.4 Å². The van der Waals surface area contributed by atoms with Gasteiger partial charge in [0.15, 0.2) is 0 Å². The molecule has 3 N–H and O–H groups in total. The molecular formula is C21H23ClN4O2. The van der Waals surface area contributed by atoms with Gasteiger partial charge in [-0.25, -0.2) is 0 Å². The number of amides is 1. The van der Waals surface area contributed by atoms with Crippen LogP contribution in [-0.4, -0.2) is 28.8 Å². The van der Waals surface area contributed by atoms with Crippen molar-refractivity contribution < 1.29 is 9.53 Å². The number of nitrogens with one attached hydrogen (secondary N) is 1. The molecule has 7 heteroatoms. The van der Waals surface area contributed by atoms with Crippen molar-refractivity contribution in [2.75, 3.05) is 13.1 Å². The Bertz CT molecular complexity index is 919. The van der Waals surface area contributed by atoms with E-state index < -0.39 is 5.91 Å². The van der Waals surface area contributed by atoms with Crippen LogP contribution in [0, 0.1) is 0 Å². The summed E-state index contributed by atoms with van der Waals surface area (Å²) in [6, 6.07) is 17.4. The topological polar surface area (TPSA) is 82.2 Å². The van der Waals surface area contributed by atoms with E-state index in [0.717, 1.165) is 43.0 Å². The fourth-order valence-electron chi connectivity index (χ4n) is 3.34. The van der Waals surface area contributed by atoms with Crippen LogP contribution in [0.4, 0.5) is 0 Å². The zero-order valence-electron chi connectivity index (χ0n) is 15.4. The van der Waals surface area contributed by atoms with Gasteiger partial charge in [0, 0.05) is 18.3 Å². The first-order valence-electron chi connectivity index (χ1n) is 9.14. The van der Waals surface area contributed by atoms with E-state index >= 15 is 0 Å². The number of para-hydroxylation sites is 1. The van der Waals surface area contributed by atoms with Crippen molar-refractivity contribution in [3.8, 4) is 22.8 Å². The van der Waals surface area contributed by atoms with Crippen molar-refractivity contribution in [1.29, 1.82) is 0 Å². The number of ether oxygens (including phenoxy) is 1. The van der Waals surface area contributed by atoms with Crippen LogP contribution in [0.2, 0.25) is 0 Å². The Hall–Kier alpha value is -2.83. The molecule has 4 rings (SSSR count). The predicted octanol–water partition coefficient (Wildman–Crippen LogP) is 3.79. The van der Waals surface area contributed by atoms with Gasteiger partial charge in [-0.15, -0.1) is 12.4 Å². The van der Waals surface area contributed by atoms with Crippen LogP contribution in [0.5, 0.6) is 11.5 Å². The van der Waals surface area contributed by atoms with E-state index in [1.165, 1.54) is 0 Å². The van der Waals surface area contributed by atoms with Gasteiger partial charge in [-0.2, -0.15) is 5.10 Å². The first-order chi connectivity index (χ1) is 13.2. The van der Waals surface area contributed by atoms with Crippen molar-refractivity contribution in [2.45, 2.75) is 18.9 Å². The first-order valence-corrected chi connectivity index (χ1v) is 9.14. The highest BCUT2D eigenvalue weighted by Crippen LogP contribution is 2.28. The van der Waals surface area contributed by atoms with Gasteiger partial charge in [0.1, 0.15) is 17.2 Å². The lowest BCUT2D eigenvalue weighted by atomic mass is 10.1. The summed E-state index contributed by atoms with van der Waals surface area (Å²) in [5, 5.41) is 8.04. The van der Waals surface area contributed by atoms with E-state index in [1.54, 1.807) is 6.20 Å². The number of carbonyl (C=O) groups is 1. The summed E-state index contributed by atoms with van der Waals surface area (Å²) >= 11 is 0. The van der Waals surface area contributed by atoms with Crippen LogP contribution in [0.3, 0.4) is 0 Å². The Morgan fingerprint density at radius 3 is 2.46 bits per heavy atom. The van der Waals surface area contributed by atoms with Crippen molar-refractivity contribution in [3.63, 3.8) is 0 Å². The Labute approximate surface area is 170 Å². The maximum absolute atomic E-state index is 11.9. The maximum atomic E-state index is 11.9. The highest BCUT2D eigenvalue weighted by molar-refractivity contribution is 5.98. The Morgan fingerprint density at radius 2 is 1.82 bits per heavy atom. The number of hydrogen-bond donors (Lipinski definition) is 2. The third kappa shape index (κ3) is 4.35. The molecule has 0 radical (unpaired) electrons. The predicted molar refractivity (Wildman–Crippen MR) is 111 cm³/mol. The van der Waals surface area contributed by atoms with Crippen LogP contribution in [0.25, 0.3) is 11.3 Å². The summed E-state index contributed by atoms with van der Waals surface area (Å²) in [4.78, 5) is 11.9. The average Bonchev–Trinajstić information content (AvgIpc) is 3.16. The fourth-order valence-corrected chi connectivity index (χ4v) is 3.34. The normalized spacial score (nSPS) is 16.2. The maximum Gasteiger partial charge on any atom is 0.252 e. The number of nitrogens with zero attached hydrogens (tertiary/aromatic N) is 2. The average molecular weight is 399 g/mol. The third-order valence-corrected chi connectivity index (χ3v) is 4.75. The molecule has 1 fully saturated rings. The number of rotatable bonds is 5. The largest absolute Gasteiger partial charge is 0.457 e. The van der Waals surface area contributed by atoms with E-state index in [0.29, 0.717) is 11.3 Å². The molecule has 1 atom stereocenters. The number of piperidine rings is 1. The molecule has 1 amide bonds. The second kappa shape index (κ2) is 8.91. The molecule has 6 nitrogen and oxygen atoms in total. The van der Waals surface area contributed by atoms with E-state index in [9.17, 15) is 4.79 Å². The molecular weight excluding hydrogens is 376 g/mol. The third-order valence-electron chi connectivity index (χ3n) is 4.75. The zero-order chi connectivity index (χ0) is 18.6. The second-order valence-corrected chi connectivity index (χ2v) is 6.68. The molecule has 1 aromatic heterocycles. The number of hydrogen-bond acceptors (Lipinski definition) is 4. The van der Waals surface area contributed by atoms with Crippen molar-refractivity contribution in [2.24, 2.45) is 5.73 Å². The van der Waals surface area contributed by atoms with Crippen molar-refractivity contribution >= 4 is 18.3 Å². The SMILES string of the molecule is Cl.NC(=O)c1cn(C2CCCNC2)nc1-c1ccc(Oc2ccccc2)cc1. The van der Waals surface area contributed by atoms with E-state index in [1.807, 2.05) is 59.3 Å². The van der Waals surface area contributed by atoms with Crippen molar-refractivity contribution in [3.05, 3.63) is 66.4 Å². The van der Waals surface area contributed by atoms with Gasteiger partial charge < -0.3 is 15.8 Å². The summed E-state index contributed by atoms with van der Waals surface area (Å²) in [5.41, 5.74) is 7.49. The molecule has 0 saturated carbocycles. The van der Waals surface area contributed by atoms with Crippen LogP contribution >= 0.6 is 12.4 Å². The number of aromatic nitrogens is 2. The summed E-state index contributed by atoms with van der Waals surface area (Å²) in [6.07, 6.45) is 3.90. The Kier molecular flexibility index (Phi) is 6.34. The minimum Gasteiger partial charge on any atom is -0.457 e. The summed E-state index contributed by atoms with van der Waals surface area (Å²) in [7, 11) is 0. The molecule has 2 heterocycles. The second-order valence-electron chi connectivity index (χ2n) is 6.68. The monoisotopic (exact) mass is 398 g/mol. The number of nitrogens with two attached hydrogens (primary N) is 1. The number of carbonyl (C=O) groups excluding carboxylic acids is 1. The van der Waals surface area contributed by atoms with Crippen LogP contribution in [-0.2, 0) is 0 Å². The standard InChI is InChI=1S/C21H22N4O2.ClH/c22-21(26)19-14-25(16-5-4-12-23-13-16)24-20(19)15-8-10-18(11-9-15)27-17-6-2-1-3-7-17;/h1-3,6-11,14,16,23H,4-5,12-13H2,(H2,22,26);1H. The first kappa shape index (κ1) is 19.9. The number of primary amides is 1. The quantitative estimate of drug-likeness (QED) is 0.685. The molecule has 1 aliphatic rings. The molecule has 1 unspecified atom stereocenters. The van der Waals surface area contributed by atoms with Crippen LogP contribution < -0.4 is 15.8 Å². The number of benzene rings is 2. The van der Waals surface area contributed by atoms with Crippen LogP contribution in [0.1, 0.15) is 29.2 Å². The Balaban J connectivity index is 0.00000225. The molecule has 28 heavy (non-hydrogen) atoms. The highest BCUT2D eigenvalue weighted by atomic mass is 35.5. The minimum absolute atomic E-state index is 0. The van der Waals surface area contributed by atoms with Gasteiger partial charge in [0.05, 0.1) is 11.6 Å². The van der Waals surface area contributed by atoms with Gasteiger partial charge in [0.2, 0.25) is 0 Å². The highest BCUT2D eigenvalue weighted by Gasteiger charge is 2.21. The summed E-state index contributed by atoms with van der Waals surface area (Å²) < 4.78 is 7.69. The molecule has 0 bridgehead atoms.